The summed E-state index contributed by atoms with van der Waals surface area (Å²) < 4.78 is 27.2. The summed E-state index contributed by atoms with van der Waals surface area (Å²) in [5.74, 6) is 0. The number of anilines is 1. The molecule has 1 aromatic rings. The molecule has 114 valence electrons. The first-order valence-corrected chi connectivity index (χ1v) is 8.66. The van der Waals surface area contributed by atoms with Gasteiger partial charge in [-0.1, -0.05) is 26.3 Å². The van der Waals surface area contributed by atoms with Crippen LogP contribution in [0.15, 0.2) is 23.1 Å². The van der Waals surface area contributed by atoms with Crippen molar-refractivity contribution in [2.24, 2.45) is 0 Å². The minimum Gasteiger partial charge on any atom is -0.398 e. The van der Waals surface area contributed by atoms with Gasteiger partial charge in [0.2, 0.25) is 10.0 Å². The van der Waals surface area contributed by atoms with Gasteiger partial charge in [0.15, 0.2) is 0 Å². The second-order valence-electron chi connectivity index (χ2n) is 5.27. The molecule has 0 amide bonds. The van der Waals surface area contributed by atoms with E-state index in [-0.39, 0.29) is 10.9 Å². The van der Waals surface area contributed by atoms with Crippen molar-refractivity contribution in [3.05, 3.63) is 23.8 Å². The van der Waals surface area contributed by atoms with E-state index >= 15 is 0 Å². The SMILES string of the molecule is CCCCN(C(C)CC)S(=O)(=O)c1ccc(C)cc1N. The molecule has 0 aliphatic carbocycles. The number of unbranched alkanes of at least 4 members (excludes halogenated alkanes) is 1. The van der Waals surface area contributed by atoms with Crippen LogP contribution in [-0.4, -0.2) is 25.3 Å². The van der Waals surface area contributed by atoms with E-state index < -0.39 is 10.0 Å². The van der Waals surface area contributed by atoms with E-state index in [0.717, 1.165) is 24.8 Å². The van der Waals surface area contributed by atoms with Crippen molar-refractivity contribution in [3.63, 3.8) is 0 Å². The van der Waals surface area contributed by atoms with Gasteiger partial charge in [0, 0.05) is 12.6 Å². The number of nitrogens with two attached hydrogens (primary N) is 1. The summed E-state index contributed by atoms with van der Waals surface area (Å²) in [6, 6.07) is 5.09. The summed E-state index contributed by atoms with van der Waals surface area (Å²) in [6.07, 6.45) is 2.61. The monoisotopic (exact) mass is 298 g/mol. The summed E-state index contributed by atoms with van der Waals surface area (Å²) in [6.45, 7) is 8.44. The van der Waals surface area contributed by atoms with Gasteiger partial charge in [-0.3, -0.25) is 0 Å². The molecule has 2 N–H and O–H groups in total. The highest BCUT2D eigenvalue weighted by Crippen LogP contribution is 2.26. The zero-order valence-electron chi connectivity index (χ0n) is 12.9. The second-order valence-corrected chi connectivity index (χ2v) is 7.13. The Morgan fingerprint density at radius 2 is 1.95 bits per heavy atom. The van der Waals surface area contributed by atoms with Crippen LogP contribution in [0.2, 0.25) is 0 Å². The maximum atomic E-state index is 12.8. The summed E-state index contributed by atoms with van der Waals surface area (Å²) in [5, 5.41) is 0. The van der Waals surface area contributed by atoms with Gasteiger partial charge in [0.05, 0.1) is 5.69 Å². The highest BCUT2D eigenvalue weighted by Gasteiger charge is 2.29. The molecule has 0 aliphatic rings. The van der Waals surface area contributed by atoms with Gasteiger partial charge >= 0.3 is 0 Å². The summed E-state index contributed by atoms with van der Waals surface area (Å²) in [4.78, 5) is 0.222. The van der Waals surface area contributed by atoms with Crippen LogP contribution in [0.1, 0.15) is 45.6 Å². The lowest BCUT2D eigenvalue weighted by molar-refractivity contribution is 0.324. The molecule has 0 saturated carbocycles. The summed E-state index contributed by atoms with van der Waals surface area (Å²) in [5.41, 5.74) is 7.20. The van der Waals surface area contributed by atoms with Crippen LogP contribution in [0.25, 0.3) is 0 Å². The Morgan fingerprint density at radius 1 is 1.30 bits per heavy atom. The van der Waals surface area contributed by atoms with E-state index in [9.17, 15) is 8.42 Å². The van der Waals surface area contributed by atoms with E-state index in [1.54, 1.807) is 22.5 Å². The minimum atomic E-state index is -3.52. The molecule has 0 bridgehead atoms. The van der Waals surface area contributed by atoms with Crippen LogP contribution in [0.4, 0.5) is 5.69 Å². The molecule has 0 saturated heterocycles. The van der Waals surface area contributed by atoms with E-state index in [0.29, 0.717) is 12.2 Å². The maximum absolute atomic E-state index is 12.8. The molecule has 5 heteroatoms. The van der Waals surface area contributed by atoms with Gasteiger partial charge in [-0.15, -0.1) is 0 Å². The normalized spacial score (nSPS) is 13.7. The number of benzene rings is 1. The molecule has 0 fully saturated rings. The van der Waals surface area contributed by atoms with Crippen molar-refractivity contribution in [2.75, 3.05) is 12.3 Å². The zero-order valence-corrected chi connectivity index (χ0v) is 13.7. The zero-order chi connectivity index (χ0) is 15.3. The lowest BCUT2D eigenvalue weighted by atomic mass is 10.2. The van der Waals surface area contributed by atoms with Gasteiger partial charge < -0.3 is 5.73 Å². The largest absolute Gasteiger partial charge is 0.398 e. The third-order valence-corrected chi connectivity index (χ3v) is 5.65. The number of nitrogens with zero attached hydrogens (tertiary/aromatic N) is 1. The predicted molar refractivity (Wildman–Crippen MR) is 84.1 cm³/mol. The van der Waals surface area contributed by atoms with Crippen molar-refractivity contribution in [1.82, 2.24) is 4.31 Å². The van der Waals surface area contributed by atoms with Gasteiger partial charge in [-0.05, 0) is 44.4 Å². The Labute approximate surface area is 123 Å². The minimum absolute atomic E-state index is 0.0211. The van der Waals surface area contributed by atoms with Crippen LogP contribution in [0.3, 0.4) is 0 Å². The first-order valence-electron chi connectivity index (χ1n) is 7.22. The number of sulfonamides is 1. The second kappa shape index (κ2) is 7.09. The molecule has 0 aromatic heterocycles. The van der Waals surface area contributed by atoms with Crippen LogP contribution in [0, 0.1) is 6.92 Å². The van der Waals surface area contributed by atoms with Gasteiger partial charge in [-0.25, -0.2) is 8.42 Å². The number of hydrogen-bond donors (Lipinski definition) is 1. The van der Waals surface area contributed by atoms with Crippen molar-refractivity contribution >= 4 is 15.7 Å². The maximum Gasteiger partial charge on any atom is 0.245 e. The summed E-state index contributed by atoms with van der Waals surface area (Å²) in [7, 11) is -3.52. The molecule has 1 unspecified atom stereocenters. The van der Waals surface area contributed by atoms with Crippen LogP contribution in [-0.2, 0) is 10.0 Å². The van der Waals surface area contributed by atoms with Gasteiger partial charge in [0.25, 0.3) is 0 Å². The fourth-order valence-electron chi connectivity index (χ4n) is 2.12. The molecule has 20 heavy (non-hydrogen) atoms. The molecule has 0 spiro atoms. The molecule has 0 heterocycles. The molecular formula is C15H26N2O2S. The average Bonchev–Trinajstić information content (AvgIpc) is 2.38. The number of aryl methyl sites for hydroxylation is 1. The molecule has 1 aromatic carbocycles. The van der Waals surface area contributed by atoms with Crippen LogP contribution in [0.5, 0.6) is 0 Å². The Hall–Kier alpha value is -1.07. The van der Waals surface area contributed by atoms with Crippen molar-refractivity contribution in [3.8, 4) is 0 Å². The number of rotatable bonds is 7. The van der Waals surface area contributed by atoms with Crippen molar-refractivity contribution in [2.45, 2.75) is 57.9 Å². The Morgan fingerprint density at radius 3 is 2.45 bits per heavy atom. The fourth-order valence-corrected chi connectivity index (χ4v) is 3.97. The molecule has 0 radical (unpaired) electrons. The molecule has 4 nitrogen and oxygen atoms in total. The third kappa shape index (κ3) is 3.73. The lowest BCUT2D eigenvalue weighted by Crippen LogP contribution is -2.39. The Balaban J connectivity index is 3.21. The first kappa shape index (κ1) is 17.0. The van der Waals surface area contributed by atoms with E-state index in [1.165, 1.54) is 0 Å². The van der Waals surface area contributed by atoms with E-state index in [4.69, 9.17) is 5.73 Å². The molecule has 1 atom stereocenters. The highest BCUT2D eigenvalue weighted by atomic mass is 32.2. The first-order chi connectivity index (χ1) is 9.34. The predicted octanol–water partition coefficient (Wildman–Crippen LogP) is 3.17. The number of nitrogen functional groups attached to an aromatic ring is 1. The quantitative estimate of drug-likeness (QED) is 0.786. The molecular weight excluding hydrogens is 272 g/mol. The van der Waals surface area contributed by atoms with Gasteiger partial charge in [-0.2, -0.15) is 4.31 Å². The van der Waals surface area contributed by atoms with Crippen molar-refractivity contribution in [1.29, 1.82) is 0 Å². The topological polar surface area (TPSA) is 63.4 Å². The average molecular weight is 298 g/mol. The standard InChI is InChI=1S/C15H26N2O2S/c1-5-7-10-17(13(4)6-2)20(18,19)15-9-8-12(3)11-14(15)16/h8-9,11,13H,5-7,10,16H2,1-4H3. The van der Waals surface area contributed by atoms with Crippen LogP contribution < -0.4 is 5.73 Å². The lowest BCUT2D eigenvalue weighted by Gasteiger charge is -2.28. The number of hydrogen-bond acceptors (Lipinski definition) is 3. The van der Waals surface area contributed by atoms with Gasteiger partial charge in [0.1, 0.15) is 4.90 Å². The Bertz CT molecular complexity index is 541. The smallest absolute Gasteiger partial charge is 0.245 e. The highest BCUT2D eigenvalue weighted by molar-refractivity contribution is 7.89. The molecule has 0 aliphatic heterocycles. The van der Waals surface area contributed by atoms with Crippen LogP contribution >= 0.6 is 0 Å². The Kier molecular flexibility index (Phi) is 6.02. The van der Waals surface area contributed by atoms with E-state index in [1.807, 2.05) is 20.8 Å². The van der Waals surface area contributed by atoms with Crippen molar-refractivity contribution < 1.29 is 8.42 Å². The third-order valence-electron chi connectivity index (χ3n) is 3.57. The fraction of sp³-hybridized carbons (Fsp3) is 0.600. The van der Waals surface area contributed by atoms with E-state index in [2.05, 4.69) is 6.92 Å². The summed E-state index contributed by atoms with van der Waals surface area (Å²) >= 11 is 0. The molecule has 1 rings (SSSR count).